The van der Waals surface area contributed by atoms with Crippen molar-refractivity contribution in [3.05, 3.63) is 15.9 Å². The Morgan fingerprint density at radius 3 is 2.75 bits per heavy atom. The van der Waals surface area contributed by atoms with Gasteiger partial charge >= 0.3 is 0 Å². The SMILES string of the molecule is CCc1nn(CC)c(CSc2nnnn2CCO)c1Br. The van der Waals surface area contributed by atoms with Gasteiger partial charge in [0.25, 0.3) is 0 Å². The molecule has 20 heavy (non-hydrogen) atoms. The molecule has 0 aromatic carbocycles. The van der Waals surface area contributed by atoms with Gasteiger partial charge in [0.1, 0.15) is 0 Å². The lowest BCUT2D eigenvalue weighted by Crippen LogP contribution is -2.06. The van der Waals surface area contributed by atoms with Crippen molar-refractivity contribution in [3.8, 4) is 0 Å². The van der Waals surface area contributed by atoms with Gasteiger partial charge in [0.15, 0.2) is 0 Å². The van der Waals surface area contributed by atoms with Gasteiger partial charge in [-0.15, -0.1) is 5.10 Å². The third kappa shape index (κ3) is 3.21. The van der Waals surface area contributed by atoms with Crippen LogP contribution in [0.2, 0.25) is 0 Å². The standard InChI is InChI=1S/C11H17BrN6OS/c1-3-8-10(12)9(17(4-2)14-8)7-20-11-13-15-16-18(11)5-6-19/h19H,3-7H2,1-2H3. The van der Waals surface area contributed by atoms with Crippen LogP contribution >= 0.6 is 27.7 Å². The Hall–Kier alpha value is -0.930. The first-order valence-electron chi connectivity index (χ1n) is 6.45. The van der Waals surface area contributed by atoms with E-state index in [1.165, 1.54) is 11.8 Å². The van der Waals surface area contributed by atoms with E-state index in [9.17, 15) is 0 Å². The molecular formula is C11H17BrN6OS. The van der Waals surface area contributed by atoms with Crippen molar-refractivity contribution in [1.29, 1.82) is 0 Å². The van der Waals surface area contributed by atoms with Gasteiger partial charge in [-0.25, -0.2) is 4.68 Å². The average Bonchev–Trinajstić information content (AvgIpc) is 3.01. The van der Waals surface area contributed by atoms with Gasteiger partial charge in [0.05, 0.1) is 29.0 Å². The van der Waals surface area contributed by atoms with Crippen LogP contribution in [0.5, 0.6) is 0 Å². The number of tetrazole rings is 1. The Morgan fingerprint density at radius 2 is 2.10 bits per heavy atom. The van der Waals surface area contributed by atoms with Crippen LogP contribution in [0.3, 0.4) is 0 Å². The Labute approximate surface area is 129 Å². The number of aliphatic hydroxyl groups is 1. The first-order valence-corrected chi connectivity index (χ1v) is 8.22. The zero-order chi connectivity index (χ0) is 14.5. The summed E-state index contributed by atoms with van der Waals surface area (Å²) in [6.45, 7) is 5.42. The molecule has 0 saturated heterocycles. The largest absolute Gasteiger partial charge is 0.394 e. The number of halogens is 1. The third-order valence-corrected chi connectivity index (χ3v) is 4.73. The minimum absolute atomic E-state index is 0.0230. The fourth-order valence-corrected chi connectivity index (χ4v) is 3.64. The van der Waals surface area contributed by atoms with Crippen molar-refractivity contribution in [2.24, 2.45) is 0 Å². The number of hydrogen-bond acceptors (Lipinski definition) is 6. The Bertz CT molecular complexity index is 569. The number of aryl methyl sites for hydroxylation is 2. The maximum Gasteiger partial charge on any atom is 0.209 e. The van der Waals surface area contributed by atoms with Crippen molar-refractivity contribution >= 4 is 27.7 Å². The normalized spacial score (nSPS) is 11.2. The predicted molar refractivity (Wildman–Crippen MR) is 79.4 cm³/mol. The highest BCUT2D eigenvalue weighted by Crippen LogP contribution is 2.28. The number of thioether (sulfide) groups is 1. The van der Waals surface area contributed by atoms with Crippen LogP contribution in [0.25, 0.3) is 0 Å². The molecule has 0 unspecified atom stereocenters. The molecule has 0 spiro atoms. The second-order valence-electron chi connectivity index (χ2n) is 4.07. The van der Waals surface area contributed by atoms with E-state index in [1.807, 2.05) is 4.68 Å². The zero-order valence-corrected chi connectivity index (χ0v) is 13.9. The molecule has 0 radical (unpaired) electrons. The van der Waals surface area contributed by atoms with Crippen LogP contribution in [0, 0.1) is 0 Å². The van der Waals surface area contributed by atoms with Gasteiger partial charge in [-0.1, -0.05) is 18.7 Å². The molecule has 0 amide bonds. The van der Waals surface area contributed by atoms with E-state index in [-0.39, 0.29) is 6.61 Å². The summed E-state index contributed by atoms with van der Waals surface area (Å²) in [6, 6.07) is 0. The fourth-order valence-electron chi connectivity index (χ4n) is 1.82. The number of aliphatic hydroxyl groups excluding tert-OH is 1. The third-order valence-electron chi connectivity index (χ3n) is 2.84. The Morgan fingerprint density at radius 1 is 1.30 bits per heavy atom. The minimum atomic E-state index is 0.0230. The van der Waals surface area contributed by atoms with Gasteiger partial charge in [-0.05, 0) is 39.7 Å². The molecule has 1 N–H and O–H groups in total. The summed E-state index contributed by atoms with van der Waals surface area (Å²) < 4.78 is 4.66. The quantitative estimate of drug-likeness (QED) is 0.753. The lowest BCUT2D eigenvalue weighted by Gasteiger charge is -2.05. The maximum absolute atomic E-state index is 8.96. The molecule has 0 aliphatic heterocycles. The average molecular weight is 361 g/mol. The molecule has 0 aliphatic carbocycles. The summed E-state index contributed by atoms with van der Waals surface area (Å²) in [5.41, 5.74) is 2.20. The minimum Gasteiger partial charge on any atom is -0.394 e. The van der Waals surface area contributed by atoms with Crippen LogP contribution in [-0.2, 0) is 25.3 Å². The van der Waals surface area contributed by atoms with Crippen LogP contribution in [0.1, 0.15) is 25.2 Å². The monoisotopic (exact) mass is 360 g/mol. The number of rotatable bonds is 7. The smallest absolute Gasteiger partial charge is 0.209 e. The second kappa shape index (κ2) is 7.19. The first kappa shape index (κ1) is 15.5. The van der Waals surface area contributed by atoms with Crippen molar-refractivity contribution in [3.63, 3.8) is 0 Å². The summed E-state index contributed by atoms with van der Waals surface area (Å²) >= 11 is 5.16. The van der Waals surface area contributed by atoms with Crippen molar-refractivity contribution in [2.75, 3.05) is 6.61 Å². The van der Waals surface area contributed by atoms with E-state index in [0.29, 0.717) is 11.7 Å². The van der Waals surface area contributed by atoms with E-state index in [2.05, 4.69) is 50.4 Å². The van der Waals surface area contributed by atoms with Gasteiger partial charge in [0.2, 0.25) is 5.16 Å². The number of nitrogens with zero attached hydrogens (tertiary/aromatic N) is 6. The van der Waals surface area contributed by atoms with E-state index in [4.69, 9.17) is 5.11 Å². The highest BCUT2D eigenvalue weighted by Gasteiger charge is 2.15. The topological polar surface area (TPSA) is 81.7 Å². The van der Waals surface area contributed by atoms with Crippen LogP contribution in [-0.4, -0.2) is 41.7 Å². The first-order chi connectivity index (χ1) is 9.71. The zero-order valence-electron chi connectivity index (χ0n) is 11.5. The van der Waals surface area contributed by atoms with Crippen LogP contribution < -0.4 is 0 Å². The number of hydrogen-bond donors (Lipinski definition) is 1. The van der Waals surface area contributed by atoms with Crippen molar-refractivity contribution < 1.29 is 5.11 Å². The summed E-state index contributed by atoms with van der Waals surface area (Å²) in [5, 5.41) is 25.7. The molecule has 2 aromatic rings. The maximum atomic E-state index is 8.96. The molecule has 7 nitrogen and oxygen atoms in total. The molecule has 110 valence electrons. The molecule has 9 heteroatoms. The lowest BCUT2D eigenvalue weighted by atomic mass is 10.3. The summed E-state index contributed by atoms with van der Waals surface area (Å²) in [4.78, 5) is 0. The fraction of sp³-hybridized carbons (Fsp3) is 0.636. The predicted octanol–water partition coefficient (Wildman–Crippen LogP) is 1.50. The van der Waals surface area contributed by atoms with Gasteiger partial charge in [-0.2, -0.15) is 5.10 Å². The van der Waals surface area contributed by atoms with Crippen LogP contribution in [0.4, 0.5) is 0 Å². The van der Waals surface area contributed by atoms with E-state index >= 15 is 0 Å². The highest BCUT2D eigenvalue weighted by atomic mass is 79.9. The Kier molecular flexibility index (Phi) is 5.55. The van der Waals surface area contributed by atoms with E-state index in [1.54, 1.807) is 4.68 Å². The number of aromatic nitrogens is 6. The van der Waals surface area contributed by atoms with Gasteiger partial charge < -0.3 is 5.11 Å². The lowest BCUT2D eigenvalue weighted by molar-refractivity contribution is 0.262. The van der Waals surface area contributed by atoms with Crippen molar-refractivity contribution in [1.82, 2.24) is 30.0 Å². The molecule has 0 aliphatic rings. The molecule has 2 rings (SSSR count). The summed E-state index contributed by atoms with van der Waals surface area (Å²) in [7, 11) is 0. The van der Waals surface area contributed by atoms with Gasteiger partial charge in [0, 0.05) is 12.3 Å². The van der Waals surface area contributed by atoms with Gasteiger partial charge in [-0.3, -0.25) is 4.68 Å². The van der Waals surface area contributed by atoms with Crippen molar-refractivity contribution in [2.45, 2.75) is 44.3 Å². The molecule has 0 bridgehead atoms. The molecule has 0 saturated carbocycles. The summed E-state index contributed by atoms with van der Waals surface area (Å²) in [5.74, 6) is 0.729. The molecule has 2 aromatic heterocycles. The molecule has 2 heterocycles. The second-order valence-corrected chi connectivity index (χ2v) is 5.81. The highest BCUT2D eigenvalue weighted by molar-refractivity contribution is 9.10. The van der Waals surface area contributed by atoms with E-state index < -0.39 is 0 Å². The summed E-state index contributed by atoms with van der Waals surface area (Å²) in [6.07, 6.45) is 0.896. The molecule has 0 atom stereocenters. The Balaban J connectivity index is 2.14. The van der Waals surface area contributed by atoms with Crippen LogP contribution in [0.15, 0.2) is 9.63 Å². The molecule has 0 fully saturated rings. The molecular weight excluding hydrogens is 344 g/mol. The van der Waals surface area contributed by atoms with E-state index in [0.717, 1.165) is 34.6 Å².